The van der Waals surface area contributed by atoms with Gasteiger partial charge >= 0.3 is 5.97 Å². The molecule has 1 atom stereocenters. The molecular formula is C13H19BrO3. The van der Waals surface area contributed by atoms with Crippen LogP contribution in [-0.4, -0.2) is 24.2 Å². The smallest absolute Gasteiger partial charge is 0.319 e. The van der Waals surface area contributed by atoms with Crippen molar-refractivity contribution in [1.29, 1.82) is 0 Å². The molecule has 17 heavy (non-hydrogen) atoms. The molecule has 4 heteroatoms. The first kappa shape index (κ1) is 14.4. The van der Waals surface area contributed by atoms with E-state index in [0.29, 0.717) is 19.3 Å². The van der Waals surface area contributed by atoms with Gasteiger partial charge in [-0.2, -0.15) is 0 Å². The van der Waals surface area contributed by atoms with Gasteiger partial charge in [-0.15, -0.1) is 0 Å². The number of ether oxygens (including phenoxy) is 1. The number of alkyl halides is 1. The molecular weight excluding hydrogens is 284 g/mol. The highest BCUT2D eigenvalue weighted by molar-refractivity contribution is 9.09. The molecule has 1 aliphatic carbocycles. The summed E-state index contributed by atoms with van der Waals surface area (Å²) in [6.07, 6.45) is 8.22. The fourth-order valence-electron chi connectivity index (χ4n) is 2.33. The Bertz CT molecular complexity index is 312. The monoisotopic (exact) mass is 302 g/mol. The second kappa shape index (κ2) is 6.94. The maximum atomic E-state index is 12.2. The lowest BCUT2D eigenvalue weighted by Crippen LogP contribution is -2.39. The van der Waals surface area contributed by atoms with Crippen LogP contribution in [0, 0.1) is 5.41 Å². The summed E-state index contributed by atoms with van der Waals surface area (Å²) < 4.78 is 4.84. The summed E-state index contributed by atoms with van der Waals surface area (Å²) in [5.41, 5.74) is -0.927. The highest BCUT2D eigenvalue weighted by atomic mass is 79.9. The summed E-state index contributed by atoms with van der Waals surface area (Å²) >= 11 is 3.29. The van der Waals surface area contributed by atoms with E-state index in [1.54, 1.807) is 0 Å². The van der Waals surface area contributed by atoms with Crippen molar-refractivity contribution >= 4 is 27.7 Å². The molecule has 1 saturated carbocycles. The summed E-state index contributed by atoms with van der Waals surface area (Å²) in [5, 5.41) is 0.735. The number of carbonyl (C=O) groups is 2. The molecule has 0 aromatic heterocycles. The predicted octanol–water partition coefficient (Wildman–Crippen LogP) is 3.02. The number of ketones is 1. The molecule has 0 bridgehead atoms. The van der Waals surface area contributed by atoms with Crippen LogP contribution >= 0.6 is 15.9 Å². The van der Waals surface area contributed by atoms with Gasteiger partial charge in [0.15, 0.2) is 0 Å². The largest absolute Gasteiger partial charge is 0.468 e. The van der Waals surface area contributed by atoms with Crippen LogP contribution in [0.2, 0.25) is 0 Å². The van der Waals surface area contributed by atoms with Gasteiger partial charge < -0.3 is 4.74 Å². The van der Waals surface area contributed by atoms with E-state index in [9.17, 15) is 9.59 Å². The zero-order chi connectivity index (χ0) is 12.7. The van der Waals surface area contributed by atoms with Crippen LogP contribution < -0.4 is 0 Å². The van der Waals surface area contributed by atoms with E-state index in [4.69, 9.17) is 4.74 Å². The quantitative estimate of drug-likeness (QED) is 0.264. The third kappa shape index (κ3) is 3.41. The molecule has 0 spiro atoms. The number of allylic oxidation sites excluding steroid dienone is 2. The van der Waals surface area contributed by atoms with E-state index in [1.165, 1.54) is 7.11 Å². The summed E-state index contributed by atoms with van der Waals surface area (Å²) in [5.74, 6) is -0.329. The SMILES string of the molecule is COC(=O)C1(C/C=C/CBr)CCCCCC1=O. The minimum Gasteiger partial charge on any atom is -0.468 e. The summed E-state index contributed by atoms with van der Waals surface area (Å²) in [4.78, 5) is 24.1. The van der Waals surface area contributed by atoms with Crippen molar-refractivity contribution in [3.8, 4) is 0 Å². The second-order valence-corrected chi connectivity index (χ2v) is 5.03. The molecule has 1 unspecified atom stereocenters. The van der Waals surface area contributed by atoms with Gasteiger partial charge in [0.05, 0.1) is 7.11 Å². The number of halogens is 1. The maximum Gasteiger partial charge on any atom is 0.319 e. The Morgan fingerprint density at radius 3 is 2.82 bits per heavy atom. The number of methoxy groups -OCH3 is 1. The summed E-state index contributed by atoms with van der Waals surface area (Å²) in [6, 6.07) is 0. The molecule has 0 radical (unpaired) electrons. The molecule has 0 N–H and O–H groups in total. The molecule has 0 saturated heterocycles. The summed E-state index contributed by atoms with van der Waals surface area (Å²) in [7, 11) is 1.36. The van der Waals surface area contributed by atoms with E-state index in [0.717, 1.165) is 24.6 Å². The van der Waals surface area contributed by atoms with E-state index in [-0.39, 0.29) is 11.8 Å². The lowest BCUT2D eigenvalue weighted by Gasteiger charge is -2.26. The molecule has 0 amide bonds. The standard InChI is InChI=1S/C13H19BrO3/c1-17-12(16)13(9-5-6-10-14)8-4-2-3-7-11(13)15/h5-6H,2-4,7-10H2,1H3/b6-5+. The zero-order valence-electron chi connectivity index (χ0n) is 10.2. The molecule has 1 rings (SSSR count). The fourth-order valence-corrected chi connectivity index (χ4v) is 2.59. The van der Waals surface area contributed by atoms with Crippen LogP contribution in [-0.2, 0) is 14.3 Å². The average Bonchev–Trinajstić information content (AvgIpc) is 2.52. The Morgan fingerprint density at radius 2 is 2.18 bits per heavy atom. The van der Waals surface area contributed by atoms with Crippen molar-refractivity contribution in [2.24, 2.45) is 5.41 Å². The van der Waals surface area contributed by atoms with E-state index < -0.39 is 5.41 Å². The highest BCUT2D eigenvalue weighted by Crippen LogP contribution is 2.37. The second-order valence-electron chi connectivity index (χ2n) is 4.39. The zero-order valence-corrected chi connectivity index (χ0v) is 11.8. The molecule has 1 fully saturated rings. The number of hydrogen-bond donors (Lipinski definition) is 0. The molecule has 0 aromatic carbocycles. The first-order valence-corrected chi connectivity index (χ1v) is 7.12. The van der Waals surface area contributed by atoms with Crippen molar-refractivity contribution in [3.63, 3.8) is 0 Å². The first-order chi connectivity index (χ1) is 8.17. The number of esters is 1. The van der Waals surface area contributed by atoms with Crippen molar-refractivity contribution in [3.05, 3.63) is 12.2 Å². The normalized spacial score (nSPS) is 25.9. The maximum absolute atomic E-state index is 12.2. The Morgan fingerprint density at radius 1 is 1.41 bits per heavy atom. The molecule has 96 valence electrons. The van der Waals surface area contributed by atoms with Gasteiger partial charge in [0, 0.05) is 11.8 Å². The highest BCUT2D eigenvalue weighted by Gasteiger charge is 2.45. The van der Waals surface area contributed by atoms with Crippen LogP contribution in [0.15, 0.2) is 12.2 Å². The van der Waals surface area contributed by atoms with Gasteiger partial charge in [0.25, 0.3) is 0 Å². The third-order valence-electron chi connectivity index (χ3n) is 3.34. The minimum absolute atomic E-state index is 0.0427. The lowest BCUT2D eigenvalue weighted by molar-refractivity contribution is -0.158. The van der Waals surface area contributed by atoms with Crippen LogP contribution in [0.1, 0.15) is 38.5 Å². The molecule has 3 nitrogen and oxygen atoms in total. The number of Topliss-reactive ketones (excluding diaryl/α,β-unsaturated/α-hetero) is 1. The van der Waals surface area contributed by atoms with Gasteiger partial charge in [-0.3, -0.25) is 9.59 Å². The number of hydrogen-bond acceptors (Lipinski definition) is 3. The number of rotatable bonds is 4. The van der Waals surface area contributed by atoms with E-state index in [1.807, 2.05) is 12.2 Å². The molecule has 0 aromatic rings. The third-order valence-corrected chi connectivity index (χ3v) is 3.71. The Kier molecular flexibility index (Phi) is 5.89. The van der Waals surface area contributed by atoms with Gasteiger partial charge in [-0.25, -0.2) is 0 Å². The predicted molar refractivity (Wildman–Crippen MR) is 70.1 cm³/mol. The molecule has 0 heterocycles. The van der Waals surface area contributed by atoms with Crippen molar-refractivity contribution < 1.29 is 14.3 Å². The Hall–Kier alpha value is -0.640. The molecule has 0 aliphatic heterocycles. The van der Waals surface area contributed by atoms with E-state index >= 15 is 0 Å². The Balaban J connectivity index is 2.93. The summed E-state index contributed by atoms with van der Waals surface area (Å²) in [6.45, 7) is 0. The molecule has 1 aliphatic rings. The van der Waals surface area contributed by atoms with Gasteiger partial charge in [-0.1, -0.05) is 40.9 Å². The van der Waals surface area contributed by atoms with Crippen LogP contribution in [0.25, 0.3) is 0 Å². The van der Waals surface area contributed by atoms with Crippen LogP contribution in [0.5, 0.6) is 0 Å². The Labute approximate surface area is 111 Å². The van der Waals surface area contributed by atoms with Gasteiger partial charge in [0.1, 0.15) is 11.2 Å². The van der Waals surface area contributed by atoms with Crippen LogP contribution in [0.3, 0.4) is 0 Å². The lowest BCUT2D eigenvalue weighted by atomic mass is 9.76. The average molecular weight is 303 g/mol. The minimum atomic E-state index is -0.927. The topological polar surface area (TPSA) is 43.4 Å². The first-order valence-electron chi connectivity index (χ1n) is 6.00. The van der Waals surface area contributed by atoms with Crippen molar-refractivity contribution in [2.75, 3.05) is 12.4 Å². The van der Waals surface area contributed by atoms with E-state index in [2.05, 4.69) is 15.9 Å². The van der Waals surface area contributed by atoms with Gasteiger partial charge in [-0.05, 0) is 19.3 Å². The van der Waals surface area contributed by atoms with Crippen molar-refractivity contribution in [2.45, 2.75) is 38.5 Å². The van der Waals surface area contributed by atoms with Crippen LogP contribution in [0.4, 0.5) is 0 Å². The number of carbonyl (C=O) groups excluding carboxylic acids is 2. The van der Waals surface area contributed by atoms with Gasteiger partial charge in [0.2, 0.25) is 0 Å². The van der Waals surface area contributed by atoms with Crippen molar-refractivity contribution in [1.82, 2.24) is 0 Å². The fraction of sp³-hybridized carbons (Fsp3) is 0.692.